The zero-order chi connectivity index (χ0) is 18.1. The number of halogens is 3. The fourth-order valence-electron chi connectivity index (χ4n) is 3.57. The Bertz CT molecular complexity index is 1270. The van der Waals surface area contributed by atoms with Crippen LogP contribution >= 0.6 is 0 Å². The van der Waals surface area contributed by atoms with Gasteiger partial charge >= 0.3 is 6.18 Å². The van der Waals surface area contributed by atoms with E-state index < -0.39 is 11.7 Å². The van der Waals surface area contributed by atoms with Crippen molar-refractivity contribution in [3.63, 3.8) is 0 Å². The van der Waals surface area contributed by atoms with Crippen LogP contribution in [0.4, 0.5) is 13.2 Å². The summed E-state index contributed by atoms with van der Waals surface area (Å²) in [5.74, 6) is 0.181. The number of pyridine rings is 1. The Labute approximate surface area is 144 Å². The second kappa shape index (κ2) is 4.91. The maximum atomic E-state index is 13.8. The molecule has 1 aliphatic heterocycles. The van der Waals surface area contributed by atoms with Crippen molar-refractivity contribution in [3.8, 4) is 11.5 Å². The predicted octanol–water partition coefficient (Wildman–Crippen LogP) is 3.99. The lowest BCUT2D eigenvalue weighted by molar-refractivity contribution is -0.136. The molecule has 3 heterocycles. The maximum Gasteiger partial charge on any atom is 0.417 e. The normalized spacial score (nSPS) is 13.2. The number of rotatable bonds is 0. The molecule has 0 fully saturated rings. The Hall–Kier alpha value is -3.22. The molecule has 5 rings (SSSR count). The van der Waals surface area contributed by atoms with Crippen molar-refractivity contribution < 1.29 is 13.2 Å². The molecule has 4 nitrogen and oxygen atoms in total. The van der Waals surface area contributed by atoms with Crippen LogP contribution in [0.2, 0.25) is 0 Å². The molecular formula is C19H10F3N3O. The van der Waals surface area contributed by atoms with Crippen molar-refractivity contribution >= 4 is 21.8 Å². The highest BCUT2D eigenvalue weighted by atomic mass is 19.4. The van der Waals surface area contributed by atoms with E-state index in [1.54, 1.807) is 36.4 Å². The van der Waals surface area contributed by atoms with Gasteiger partial charge in [-0.05, 0) is 18.2 Å². The molecule has 2 aromatic carbocycles. The Kier molecular flexibility index (Phi) is 2.84. The average Bonchev–Trinajstić information content (AvgIpc) is 2.97. The van der Waals surface area contributed by atoms with Crippen molar-refractivity contribution in [1.29, 1.82) is 0 Å². The highest BCUT2D eigenvalue weighted by molar-refractivity contribution is 5.89. The van der Waals surface area contributed by atoms with Crippen LogP contribution < -0.4 is 5.56 Å². The van der Waals surface area contributed by atoms with Crippen LogP contribution in [0.5, 0.6) is 0 Å². The van der Waals surface area contributed by atoms with Gasteiger partial charge < -0.3 is 0 Å². The Balaban J connectivity index is 1.94. The van der Waals surface area contributed by atoms with Gasteiger partial charge in [0, 0.05) is 10.9 Å². The van der Waals surface area contributed by atoms with Crippen LogP contribution in [0.15, 0.2) is 53.3 Å². The van der Waals surface area contributed by atoms with Crippen molar-refractivity contribution in [1.82, 2.24) is 14.5 Å². The summed E-state index contributed by atoms with van der Waals surface area (Å²) in [5.41, 5.74) is -0.308. The lowest BCUT2D eigenvalue weighted by Crippen LogP contribution is -2.20. The molecule has 2 aromatic heterocycles. The lowest BCUT2D eigenvalue weighted by Gasteiger charge is -2.14. The number of alkyl halides is 3. The Morgan fingerprint density at radius 3 is 2.19 bits per heavy atom. The second-order valence-electron chi connectivity index (χ2n) is 6.17. The Morgan fingerprint density at radius 1 is 0.885 bits per heavy atom. The number of hydrogen-bond donors (Lipinski definition) is 0. The van der Waals surface area contributed by atoms with Gasteiger partial charge in [-0.1, -0.05) is 30.3 Å². The van der Waals surface area contributed by atoms with E-state index in [-0.39, 0.29) is 40.1 Å². The predicted molar refractivity (Wildman–Crippen MR) is 90.8 cm³/mol. The molecule has 0 aliphatic carbocycles. The Morgan fingerprint density at radius 2 is 1.50 bits per heavy atom. The van der Waals surface area contributed by atoms with E-state index in [0.29, 0.717) is 10.9 Å². The summed E-state index contributed by atoms with van der Waals surface area (Å²) in [7, 11) is 0. The minimum Gasteiger partial charge on any atom is -0.286 e. The fraction of sp³-hybridized carbons (Fsp3) is 0.105. The number of fused-ring (bicyclic) bond motifs is 5. The van der Waals surface area contributed by atoms with E-state index in [2.05, 4.69) is 9.97 Å². The molecule has 0 radical (unpaired) electrons. The van der Waals surface area contributed by atoms with Crippen LogP contribution in [0.25, 0.3) is 33.3 Å². The van der Waals surface area contributed by atoms with Gasteiger partial charge in [0.15, 0.2) is 5.82 Å². The van der Waals surface area contributed by atoms with Crippen LogP contribution in [0.3, 0.4) is 0 Å². The molecule has 7 heteroatoms. The molecule has 0 atom stereocenters. The molecule has 0 spiro atoms. The summed E-state index contributed by atoms with van der Waals surface area (Å²) >= 11 is 0. The topological polar surface area (TPSA) is 47.8 Å². The zero-order valence-corrected chi connectivity index (χ0v) is 13.2. The third-order valence-electron chi connectivity index (χ3n) is 4.67. The van der Waals surface area contributed by atoms with Crippen LogP contribution in [0.1, 0.15) is 11.1 Å². The van der Waals surface area contributed by atoms with Crippen LogP contribution in [-0.4, -0.2) is 14.5 Å². The molecular weight excluding hydrogens is 343 g/mol. The van der Waals surface area contributed by atoms with E-state index in [1.807, 2.05) is 0 Å². The first kappa shape index (κ1) is 15.1. The van der Waals surface area contributed by atoms with Gasteiger partial charge in [0.2, 0.25) is 0 Å². The first-order chi connectivity index (χ1) is 12.4. The van der Waals surface area contributed by atoms with Gasteiger partial charge in [-0.3, -0.25) is 9.36 Å². The standard InChI is InChI=1S/C19H10F3N3O/c20-19(21,22)15-10-5-1-3-7-13(10)23-16-12(15)9-25-17(16)24-14-8-4-2-6-11(14)18(25)26/h1-8H,9H2. The third-order valence-corrected chi connectivity index (χ3v) is 4.67. The van der Waals surface area contributed by atoms with Gasteiger partial charge in [0.1, 0.15) is 5.69 Å². The number of benzene rings is 2. The van der Waals surface area contributed by atoms with Gasteiger partial charge in [-0.15, -0.1) is 0 Å². The quantitative estimate of drug-likeness (QED) is 0.423. The zero-order valence-electron chi connectivity index (χ0n) is 13.2. The number of para-hydroxylation sites is 2. The summed E-state index contributed by atoms with van der Waals surface area (Å²) in [6.45, 7) is -0.186. The smallest absolute Gasteiger partial charge is 0.286 e. The molecule has 0 saturated heterocycles. The molecule has 0 amide bonds. The van der Waals surface area contributed by atoms with Gasteiger partial charge in [0.05, 0.1) is 28.5 Å². The summed E-state index contributed by atoms with van der Waals surface area (Å²) in [6, 6.07) is 12.8. The van der Waals surface area contributed by atoms with Crippen LogP contribution in [0, 0.1) is 0 Å². The molecule has 128 valence electrons. The third kappa shape index (κ3) is 1.94. The summed E-state index contributed by atoms with van der Waals surface area (Å²) in [6.07, 6.45) is -4.56. The van der Waals surface area contributed by atoms with Gasteiger partial charge in [-0.2, -0.15) is 13.2 Å². The first-order valence-corrected chi connectivity index (χ1v) is 7.94. The molecule has 4 aromatic rings. The minimum atomic E-state index is -4.56. The van der Waals surface area contributed by atoms with Crippen molar-refractivity contribution in [3.05, 3.63) is 70.0 Å². The second-order valence-corrected chi connectivity index (χ2v) is 6.17. The van der Waals surface area contributed by atoms with Crippen LogP contribution in [-0.2, 0) is 12.7 Å². The lowest BCUT2D eigenvalue weighted by atomic mass is 10.0. The largest absolute Gasteiger partial charge is 0.417 e. The van der Waals surface area contributed by atoms with Gasteiger partial charge in [0.25, 0.3) is 5.56 Å². The SMILES string of the molecule is O=c1c2ccccc2nc2n1Cc1c-2nc2ccccc2c1C(F)(F)F. The molecule has 0 N–H and O–H groups in total. The monoisotopic (exact) mass is 353 g/mol. The van der Waals surface area contributed by atoms with E-state index in [0.717, 1.165) is 0 Å². The summed E-state index contributed by atoms with van der Waals surface area (Å²) in [4.78, 5) is 21.6. The highest BCUT2D eigenvalue weighted by Gasteiger charge is 2.40. The minimum absolute atomic E-state index is 0.00361. The highest BCUT2D eigenvalue weighted by Crippen LogP contribution is 2.42. The molecule has 0 saturated carbocycles. The number of aromatic nitrogens is 3. The van der Waals surface area contributed by atoms with Crippen molar-refractivity contribution in [2.24, 2.45) is 0 Å². The van der Waals surface area contributed by atoms with Crippen molar-refractivity contribution in [2.45, 2.75) is 12.7 Å². The average molecular weight is 353 g/mol. The fourth-order valence-corrected chi connectivity index (χ4v) is 3.57. The summed E-state index contributed by atoms with van der Waals surface area (Å²) in [5, 5.41) is 0.409. The number of nitrogens with zero attached hydrogens (tertiary/aromatic N) is 3. The number of hydrogen-bond acceptors (Lipinski definition) is 3. The molecule has 1 aliphatic rings. The van der Waals surface area contributed by atoms with Gasteiger partial charge in [-0.25, -0.2) is 9.97 Å². The van der Waals surface area contributed by atoms with E-state index >= 15 is 0 Å². The van der Waals surface area contributed by atoms with E-state index in [9.17, 15) is 18.0 Å². The molecule has 0 bridgehead atoms. The summed E-state index contributed by atoms with van der Waals surface area (Å²) < 4.78 is 42.8. The van der Waals surface area contributed by atoms with E-state index in [4.69, 9.17) is 0 Å². The molecule has 0 unspecified atom stereocenters. The first-order valence-electron chi connectivity index (χ1n) is 7.94. The molecule has 26 heavy (non-hydrogen) atoms. The van der Waals surface area contributed by atoms with E-state index in [1.165, 1.54) is 16.7 Å². The maximum absolute atomic E-state index is 13.8. The van der Waals surface area contributed by atoms with Crippen molar-refractivity contribution in [2.75, 3.05) is 0 Å².